The molecule has 35 heavy (non-hydrogen) atoms. The van der Waals surface area contributed by atoms with Gasteiger partial charge >= 0.3 is 12.2 Å². The third kappa shape index (κ3) is 8.10. The SMILES string of the molecule is C=C(N)N[C@H]1C(COC(=O)NCCCCCCNC(=O)OC(C)(C)C)NC(=C)N2CC[C@H](O)[C@]12O. The Kier molecular flexibility index (Phi) is 9.90. The molecule has 2 fully saturated rings. The first-order valence-electron chi connectivity index (χ1n) is 12.1. The number of carbonyl (C=O) groups is 2. The summed E-state index contributed by atoms with van der Waals surface area (Å²) in [5, 5.41) is 33.2. The Bertz CT molecular complexity index is 772. The first-order chi connectivity index (χ1) is 16.3. The standard InChI is InChI=1S/C23H42N6O6/c1-15(24)27-19-17(28-16(2)29-13-10-18(30)23(19,29)33)14-34-20(31)25-11-8-6-7-9-12-26-21(32)35-22(3,4)5/h17-19,27-28,30,33H,1-2,6-14,24H2,3-5H3,(H,25,31)(H,26,32)/t17?,18-,19-,23-/m0/s1. The lowest BCUT2D eigenvalue weighted by atomic mass is 9.89. The molecule has 2 amide bonds. The monoisotopic (exact) mass is 498 g/mol. The van der Waals surface area contributed by atoms with Crippen LogP contribution in [0.25, 0.3) is 0 Å². The van der Waals surface area contributed by atoms with Gasteiger partial charge in [-0.05, 0) is 40.0 Å². The van der Waals surface area contributed by atoms with Crippen molar-refractivity contribution in [3.8, 4) is 0 Å². The maximum Gasteiger partial charge on any atom is 0.407 e. The summed E-state index contributed by atoms with van der Waals surface area (Å²) in [6, 6.07) is -1.38. The number of ether oxygens (including phenoxy) is 2. The first-order valence-corrected chi connectivity index (χ1v) is 12.1. The fourth-order valence-electron chi connectivity index (χ4n) is 4.28. The minimum Gasteiger partial charge on any atom is -0.447 e. The van der Waals surface area contributed by atoms with Gasteiger partial charge in [-0.1, -0.05) is 26.0 Å². The largest absolute Gasteiger partial charge is 0.447 e. The van der Waals surface area contributed by atoms with E-state index in [1.807, 2.05) is 20.8 Å². The number of hydrogen-bond acceptors (Lipinski definition) is 10. The number of carbonyl (C=O) groups excluding carboxylic acids is 2. The van der Waals surface area contributed by atoms with Crippen LogP contribution in [-0.2, 0) is 9.47 Å². The van der Waals surface area contributed by atoms with Gasteiger partial charge in [-0.15, -0.1) is 0 Å². The van der Waals surface area contributed by atoms with Crippen molar-refractivity contribution in [2.75, 3.05) is 26.2 Å². The number of nitrogens with two attached hydrogens (primary N) is 1. The van der Waals surface area contributed by atoms with Gasteiger partial charge in [0.2, 0.25) is 0 Å². The van der Waals surface area contributed by atoms with Crippen LogP contribution in [0, 0.1) is 0 Å². The summed E-state index contributed by atoms with van der Waals surface area (Å²) in [6.07, 6.45) is 1.67. The summed E-state index contributed by atoms with van der Waals surface area (Å²) < 4.78 is 10.5. The third-order valence-corrected chi connectivity index (χ3v) is 5.86. The Balaban J connectivity index is 1.67. The number of nitrogens with one attached hydrogen (secondary N) is 4. The van der Waals surface area contributed by atoms with E-state index >= 15 is 0 Å². The van der Waals surface area contributed by atoms with Crippen LogP contribution in [0.3, 0.4) is 0 Å². The molecule has 2 heterocycles. The number of nitrogens with zero attached hydrogens (tertiary/aromatic N) is 1. The number of hydrogen-bond donors (Lipinski definition) is 7. The fourth-order valence-corrected chi connectivity index (χ4v) is 4.28. The molecule has 12 nitrogen and oxygen atoms in total. The summed E-state index contributed by atoms with van der Waals surface area (Å²) in [7, 11) is 0. The maximum absolute atomic E-state index is 12.2. The van der Waals surface area contributed by atoms with Gasteiger partial charge in [0, 0.05) is 19.6 Å². The minimum atomic E-state index is -1.66. The average Bonchev–Trinajstić information content (AvgIpc) is 3.05. The zero-order valence-corrected chi connectivity index (χ0v) is 21.1. The number of alkyl carbamates (subject to hydrolysis) is 2. The summed E-state index contributed by atoms with van der Waals surface area (Å²) in [6.45, 7) is 14.3. The summed E-state index contributed by atoms with van der Waals surface area (Å²) in [5.74, 6) is 0.549. The highest BCUT2D eigenvalue weighted by atomic mass is 16.6. The van der Waals surface area contributed by atoms with Gasteiger partial charge < -0.3 is 51.6 Å². The predicted octanol–water partition coefficient (Wildman–Crippen LogP) is 0.384. The molecule has 1 unspecified atom stereocenters. The Morgan fingerprint density at radius 1 is 1.20 bits per heavy atom. The lowest BCUT2D eigenvalue weighted by molar-refractivity contribution is -0.172. The van der Waals surface area contributed by atoms with Gasteiger partial charge in [-0.3, -0.25) is 0 Å². The van der Waals surface area contributed by atoms with Crippen LogP contribution >= 0.6 is 0 Å². The highest BCUT2D eigenvalue weighted by Gasteiger charge is 2.58. The van der Waals surface area contributed by atoms with Crippen molar-refractivity contribution in [2.24, 2.45) is 5.73 Å². The van der Waals surface area contributed by atoms with Crippen molar-refractivity contribution in [2.45, 2.75) is 82.4 Å². The molecule has 0 aromatic carbocycles. The molecule has 2 aliphatic rings. The van der Waals surface area contributed by atoms with E-state index in [4.69, 9.17) is 15.2 Å². The van der Waals surface area contributed by atoms with Gasteiger partial charge in [0.1, 0.15) is 24.4 Å². The molecule has 0 bridgehead atoms. The fraction of sp³-hybridized carbons (Fsp3) is 0.739. The quantitative estimate of drug-likeness (QED) is 0.198. The molecule has 4 atom stereocenters. The second kappa shape index (κ2) is 12.2. The number of amides is 2. The highest BCUT2D eigenvalue weighted by Crippen LogP contribution is 2.37. The van der Waals surface area contributed by atoms with Crippen molar-refractivity contribution in [1.29, 1.82) is 0 Å². The molecule has 12 heteroatoms. The molecule has 8 N–H and O–H groups in total. The minimum absolute atomic E-state index is 0.0883. The molecule has 0 aliphatic carbocycles. The van der Waals surface area contributed by atoms with Crippen molar-refractivity contribution in [3.05, 3.63) is 24.8 Å². The van der Waals surface area contributed by atoms with Crippen molar-refractivity contribution < 1.29 is 29.3 Å². The number of fused-ring (bicyclic) bond motifs is 1. The summed E-state index contributed by atoms with van der Waals surface area (Å²) in [4.78, 5) is 25.3. The van der Waals surface area contributed by atoms with E-state index in [9.17, 15) is 19.8 Å². The van der Waals surface area contributed by atoms with Crippen molar-refractivity contribution >= 4 is 12.2 Å². The van der Waals surface area contributed by atoms with E-state index in [-0.39, 0.29) is 12.4 Å². The normalized spacial score (nSPS) is 25.8. The maximum atomic E-state index is 12.2. The second-order valence-electron chi connectivity index (χ2n) is 9.95. The van der Waals surface area contributed by atoms with E-state index in [1.165, 1.54) is 0 Å². The van der Waals surface area contributed by atoms with Gasteiger partial charge in [-0.25, -0.2) is 9.59 Å². The molecule has 0 aromatic rings. The Labute approximate surface area is 207 Å². The smallest absolute Gasteiger partial charge is 0.407 e. The van der Waals surface area contributed by atoms with Crippen LogP contribution in [0.1, 0.15) is 52.9 Å². The molecule has 0 radical (unpaired) electrons. The molecular formula is C23H42N6O6. The molecule has 2 saturated heterocycles. The molecular weight excluding hydrogens is 456 g/mol. The van der Waals surface area contributed by atoms with Gasteiger partial charge in [-0.2, -0.15) is 0 Å². The second-order valence-corrected chi connectivity index (χ2v) is 9.95. The van der Waals surface area contributed by atoms with E-state index in [1.54, 1.807) is 4.90 Å². The molecule has 2 rings (SSSR count). The summed E-state index contributed by atoms with van der Waals surface area (Å²) in [5.41, 5.74) is 3.54. The Hall–Kier alpha value is -2.86. The highest BCUT2D eigenvalue weighted by molar-refractivity contribution is 5.67. The first kappa shape index (κ1) is 28.4. The van der Waals surface area contributed by atoms with Gasteiger partial charge in [0.15, 0.2) is 5.72 Å². The van der Waals surface area contributed by atoms with Crippen LogP contribution in [0.15, 0.2) is 24.8 Å². The molecule has 0 aromatic heterocycles. The zero-order chi connectivity index (χ0) is 26.2. The third-order valence-electron chi connectivity index (χ3n) is 5.86. The molecule has 200 valence electrons. The Morgan fingerprint density at radius 2 is 1.80 bits per heavy atom. The molecule has 2 aliphatic heterocycles. The van der Waals surface area contributed by atoms with Crippen LogP contribution in [0.4, 0.5) is 9.59 Å². The van der Waals surface area contributed by atoms with Crippen LogP contribution in [-0.4, -0.2) is 83.1 Å². The van der Waals surface area contributed by atoms with E-state index in [0.29, 0.717) is 31.9 Å². The van der Waals surface area contributed by atoms with Crippen molar-refractivity contribution in [1.82, 2.24) is 26.2 Å². The van der Waals surface area contributed by atoms with Gasteiger partial charge in [0.25, 0.3) is 0 Å². The molecule has 0 spiro atoms. The van der Waals surface area contributed by atoms with E-state index < -0.39 is 41.7 Å². The van der Waals surface area contributed by atoms with Crippen molar-refractivity contribution in [3.63, 3.8) is 0 Å². The topological polar surface area (TPSA) is 170 Å². The predicted molar refractivity (Wildman–Crippen MR) is 131 cm³/mol. The van der Waals surface area contributed by atoms with Crippen LogP contribution < -0.4 is 27.0 Å². The molecule has 0 saturated carbocycles. The number of rotatable bonds is 11. The van der Waals surface area contributed by atoms with Crippen LogP contribution in [0.5, 0.6) is 0 Å². The van der Waals surface area contributed by atoms with Crippen LogP contribution in [0.2, 0.25) is 0 Å². The zero-order valence-electron chi connectivity index (χ0n) is 21.1. The average molecular weight is 499 g/mol. The van der Waals surface area contributed by atoms with E-state index in [0.717, 1.165) is 25.7 Å². The number of aliphatic hydroxyl groups is 2. The number of unbranched alkanes of at least 4 members (excludes halogenated alkanes) is 3. The lowest BCUT2D eigenvalue weighted by Crippen LogP contribution is -2.74. The van der Waals surface area contributed by atoms with E-state index in [2.05, 4.69) is 34.4 Å². The summed E-state index contributed by atoms with van der Waals surface area (Å²) >= 11 is 0. The Morgan fingerprint density at radius 3 is 2.37 bits per heavy atom. The number of aliphatic hydroxyl groups excluding tert-OH is 1. The lowest BCUT2D eigenvalue weighted by Gasteiger charge is -2.51. The van der Waals surface area contributed by atoms with Gasteiger partial charge in [0.05, 0.1) is 17.7 Å².